The maximum absolute atomic E-state index is 12.4. The van der Waals surface area contributed by atoms with E-state index in [1.54, 1.807) is 12.1 Å². The van der Waals surface area contributed by atoms with Crippen LogP contribution in [0.4, 0.5) is 5.69 Å². The normalized spacial score (nSPS) is 13.9. The fraction of sp³-hybridized carbons (Fsp3) is 0.125. The Morgan fingerprint density at radius 2 is 1.74 bits per heavy atom. The molecule has 3 nitrogen and oxygen atoms in total. The summed E-state index contributed by atoms with van der Waals surface area (Å²) in [6.07, 6.45) is 0. The van der Waals surface area contributed by atoms with E-state index in [0.717, 1.165) is 15.9 Å². The summed E-state index contributed by atoms with van der Waals surface area (Å²) in [6, 6.07) is 12.8. The van der Waals surface area contributed by atoms with Crippen molar-refractivity contribution in [2.24, 2.45) is 0 Å². The summed E-state index contributed by atoms with van der Waals surface area (Å²) >= 11 is 0. The maximum Gasteiger partial charge on any atom is 0.273 e. The molecule has 1 aliphatic heterocycles. The van der Waals surface area contributed by atoms with Crippen molar-refractivity contribution in [2.45, 2.75) is 13.8 Å². The first-order valence-electron chi connectivity index (χ1n) is 6.15. The molecule has 3 rings (SSSR count). The summed E-state index contributed by atoms with van der Waals surface area (Å²) in [6.45, 7) is 3.81. The Morgan fingerprint density at radius 3 is 2.47 bits per heavy atom. The Labute approximate surface area is 111 Å². The minimum Gasteiger partial charge on any atom is -0.618 e. The molecule has 0 fully saturated rings. The Balaban J connectivity index is 2.24. The first-order valence-corrected chi connectivity index (χ1v) is 6.15. The molecule has 0 saturated heterocycles. The molecule has 0 atom stereocenters. The third-order valence-corrected chi connectivity index (χ3v) is 3.43. The third kappa shape index (κ3) is 1.66. The van der Waals surface area contributed by atoms with Gasteiger partial charge in [0, 0.05) is 6.07 Å². The summed E-state index contributed by atoms with van der Waals surface area (Å²) in [5.41, 5.74) is 3.76. The Kier molecular flexibility index (Phi) is 2.49. The van der Waals surface area contributed by atoms with E-state index in [2.05, 4.69) is 0 Å². The molecule has 1 aliphatic rings. The van der Waals surface area contributed by atoms with Crippen molar-refractivity contribution in [3.05, 3.63) is 69.9 Å². The molecule has 0 aromatic heterocycles. The second kappa shape index (κ2) is 4.05. The second-order valence-corrected chi connectivity index (χ2v) is 4.81. The van der Waals surface area contributed by atoms with Crippen molar-refractivity contribution in [3.63, 3.8) is 0 Å². The number of benzene rings is 2. The highest BCUT2D eigenvalue weighted by Gasteiger charge is 2.37. The SMILES string of the molecule is Cc1ccc2c(c1)C(=O)C(c1ccccc1C)=[N+]2[O-]. The Bertz CT molecular complexity index is 729. The summed E-state index contributed by atoms with van der Waals surface area (Å²) in [5.74, 6) is -0.192. The van der Waals surface area contributed by atoms with Gasteiger partial charge in [-0.05, 0) is 37.1 Å². The highest BCUT2D eigenvalue weighted by Crippen LogP contribution is 2.29. The molecular formula is C16H13NO2. The Hall–Kier alpha value is -2.42. The van der Waals surface area contributed by atoms with Crippen LogP contribution in [-0.4, -0.2) is 16.2 Å². The molecule has 0 amide bonds. The number of carbonyl (C=O) groups excluding carboxylic acids is 1. The van der Waals surface area contributed by atoms with E-state index in [1.807, 2.05) is 44.2 Å². The number of aryl methyl sites for hydroxylation is 2. The van der Waals surface area contributed by atoms with Crippen LogP contribution in [0.5, 0.6) is 0 Å². The monoisotopic (exact) mass is 251 g/mol. The molecule has 0 bridgehead atoms. The van der Waals surface area contributed by atoms with Crippen LogP contribution in [0.25, 0.3) is 0 Å². The van der Waals surface area contributed by atoms with Gasteiger partial charge in [-0.15, -0.1) is 0 Å². The van der Waals surface area contributed by atoms with Gasteiger partial charge in [-0.1, -0.05) is 24.3 Å². The number of carbonyl (C=O) groups is 1. The Morgan fingerprint density at radius 1 is 1.00 bits per heavy atom. The van der Waals surface area contributed by atoms with E-state index in [-0.39, 0.29) is 11.5 Å². The smallest absolute Gasteiger partial charge is 0.273 e. The molecular weight excluding hydrogens is 238 g/mol. The standard InChI is InChI=1S/C16H13NO2/c1-10-7-8-14-13(9-10)16(18)15(17(14)19)12-6-4-3-5-11(12)2/h3-9H,1-2H3. The van der Waals surface area contributed by atoms with Crippen LogP contribution >= 0.6 is 0 Å². The summed E-state index contributed by atoms with van der Waals surface area (Å²) < 4.78 is 0.749. The van der Waals surface area contributed by atoms with Crippen LogP contribution in [0.2, 0.25) is 0 Å². The van der Waals surface area contributed by atoms with Crippen molar-refractivity contribution in [2.75, 3.05) is 0 Å². The lowest BCUT2D eigenvalue weighted by molar-refractivity contribution is -0.355. The highest BCUT2D eigenvalue weighted by molar-refractivity contribution is 6.52. The van der Waals surface area contributed by atoms with Gasteiger partial charge in [-0.25, -0.2) is 0 Å². The maximum atomic E-state index is 12.4. The largest absolute Gasteiger partial charge is 0.618 e. The third-order valence-electron chi connectivity index (χ3n) is 3.43. The zero-order valence-corrected chi connectivity index (χ0v) is 10.8. The van der Waals surface area contributed by atoms with E-state index in [4.69, 9.17) is 0 Å². The van der Waals surface area contributed by atoms with E-state index in [9.17, 15) is 10.0 Å². The lowest BCUT2D eigenvalue weighted by atomic mass is 9.98. The molecule has 2 aromatic carbocycles. The van der Waals surface area contributed by atoms with Gasteiger partial charge in [-0.3, -0.25) is 4.79 Å². The first-order chi connectivity index (χ1) is 9.09. The minimum atomic E-state index is -0.192. The number of fused-ring (bicyclic) bond motifs is 1. The summed E-state index contributed by atoms with van der Waals surface area (Å²) in [4.78, 5) is 12.4. The van der Waals surface area contributed by atoms with Gasteiger partial charge in [0.15, 0.2) is 0 Å². The number of ketones is 1. The van der Waals surface area contributed by atoms with Crippen LogP contribution in [0.3, 0.4) is 0 Å². The van der Waals surface area contributed by atoms with Gasteiger partial charge in [0.1, 0.15) is 5.56 Å². The van der Waals surface area contributed by atoms with Crippen LogP contribution in [0.15, 0.2) is 42.5 Å². The molecule has 2 aromatic rings. The average molecular weight is 251 g/mol. The van der Waals surface area contributed by atoms with Crippen LogP contribution in [-0.2, 0) is 0 Å². The first kappa shape index (κ1) is 11.7. The average Bonchev–Trinajstić information content (AvgIpc) is 2.63. The molecule has 0 spiro atoms. The molecule has 0 radical (unpaired) electrons. The van der Waals surface area contributed by atoms with Crippen LogP contribution in [0, 0.1) is 19.1 Å². The number of Topliss-reactive ketones (excluding diaryl/α,β-unsaturated/α-hetero) is 1. The quantitative estimate of drug-likeness (QED) is 0.577. The summed E-state index contributed by atoms with van der Waals surface area (Å²) in [7, 11) is 0. The molecule has 3 heteroatoms. The molecule has 19 heavy (non-hydrogen) atoms. The van der Waals surface area contributed by atoms with E-state index >= 15 is 0 Å². The lowest BCUT2D eigenvalue weighted by Gasteiger charge is -2.04. The molecule has 1 heterocycles. The van der Waals surface area contributed by atoms with Gasteiger partial charge >= 0.3 is 0 Å². The molecule has 94 valence electrons. The van der Waals surface area contributed by atoms with Gasteiger partial charge < -0.3 is 5.21 Å². The summed E-state index contributed by atoms with van der Waals surface area (Å²) in [5, 5.41) is 12.3. The van der Waals surface area contributed by atoms with Gasteiger partial charge in [0.2, 0.25) is 5.69 Å². The number of hydrogen-bond donors (Lipinski definition) is 0. The highest BCUT2D eigenvalue weighted by atomic mass is 16.5. The molecule has 0 unspecified atom stereocenters. The predicted molar refractivity (Wildman–Crippen MR) is 74.1 cm³/mol. The molecule has 0 N–H and O–H groups in total. The van der Waals surface area contributed by atoms with Crippen LogP contribution in [0.1, 0.15) is 27.0 Å². The lowest BCUT2D eigenvalue weighted by Crippen LogP contribution is -2.17. The van der Waals surface area contributed by atoms with E-state index in [0.29, 0.717) is 16.8 Å². The minimum absolute atomic E-state index is 0.192. The van der Waals surface area contributed by atoms with Crippen molar-refractivity contribution in [1.82, 2.24) is 0 Å². The number of hydrogen-bond acceptors (Lipinski definition) is 2. The second-order valence-electron chi connectivity index (χ2n) is 4.81. The molecule has 0 aliphatic carbocycles. The number of rotatable bonds is 1. The van der Waals surface area contributed by atoms with Crippen molar-refractivity contribution < 1.29 is 9.53 Å². The van der Waals surface area contributed by atoms with Gasteiger partial charge in [-0.2, -0.15) is 4.74 Å². The topological polar surface area (TPSA) is 43.1 Å². The van der Waals surface area contributed by atoms with Crippen molar-refractivity contribution >= 4 is 17.2 Å². The fourth-order valence-corrected chi connectivity index (χ4v) is 2.42. The van der Waals surface area contributed by atoms with Gasteiger partial charge in [0.25, 0.3) is 11.5 Å². The zero-order chi connectivity index (χ0) is 13.6. The van der Waals surface area contributed by atoms with Crippen molar-refractivity contribution in [3.8, 4) is 0 Å². The van der Waals surface area contributed by atoms with Crippen molar-refractivity contribution in [1.29, 1.82) is 0 Å². The van der Waals surface area contributed by atoms with E-state index in [1.165, 1.54) is 0 Å². The zero-order valence-electron chi connectivity index (χ0n) is 10.8. The fourth-order valence-electron chi connectivity index (χ4n) is 2.42. The van der Waals surface area contributed by atoms with Crippen LogP contribution < -0.4 is 0 Å². The predicted octanol–water partition coefficient (Wildman–Crippen LogP) is 3.13. The van der Waals surface area contributed by atoms with E-state index < -0.39 is 0 Å². The molecule has 0 saturated carbocycles. The van der Waals surface area contributed by atoms with Gasteiger partial charge in [0.05, 0.1) is 5.56 Å². The number of nitrogens with zero attached hydrogens (tertiary/aromatic N) is 1.